The van der Waals surface area contributed by atoms with Crippen LogP contribution in [0.15, 0.2) is 11.1 Å². The van der Waals surface area contributed by atoms with Crippen LogP contribution < -0.4 is 0 Å². The van der Waals surface area contributed by atoms with Crippen LogP contribution in [0.25, 0.3) is 0 Å². The molecule has 0 radical (unpaired) electrons. The largest absolute Gasteiger partial charge is 0.161 e. The minimum Gasteiger partial charge on any atom is -0.161 e. The minimum atomic E-state index is 1.01. The zero-order chi connectivity index (χ0) is 9.00. The molecule has 1 saturated heterocycles. The fourth-order valence-electron chi connectivity index (χ4n) is 3.99. The first-order valence-corrected chi connectivity index (χ1v) is 6.69. The first kappa shape index (κ1) is 8.40. The van der Waals surface area contributed by atoms with Crippen molar-refractivity contribution in [1.82, 2.24) is 0 Å². The molecule has 0 spiro atoms. The highest BCUT2D eigenvalue weighted by molar-refractivity contribution is 7.99. The van der Waals surface area contributed by atoms with Crippen LogP contribution in [0.3, 0.4) is 0 Å². The summed E-state index contributed by atoms with van der Waals surface area (Å²) in [7, 11) is 0. The van der Waals surface area contributed by atoms with Gasteiger partial charge in [0.15, 0.2) is 0 Å². The molecular formula is C12H18S. The number of thioether (sulfide) groups is 1. The van der Waals surface area contributed by atoms with E-state index in [1.54, 1.807) is 5.57 Å². The Labute approximate surface area is 85.2 Å². The van der Waals surface area contributed by atoms with E-state index in [1.807, 2.05) is 5.57 Å². The first-order chi connectivity index (χ1) is 6.29. The molecule has 0 N–H and O–H groups in total. The van der Waals surface area contributed by atoms with Gasteiger partial charge in [-0.15, -0.1) is 0 Å². The maximum absolute atomic E-state index is 2.33. The summed E-state index contributed by atoms with van der Waals surface area (Å²) in [5, 5.41) is 0. The van der Waals surface area contributed by atoms with Crippen molar-refractivity contribution < 1.29 is 0 Å². The minimum absolute atomic E-state index is 1.01. The van der Waals surface area contributed by atoms with E-state index in [0.29, 0.717) is 0 Å². The summed E-state index contributed by atoms with van der Waals surface area (Å²) >= 11 is 2.20. The summed E-state index contributed by atoms with van der Waals surface area (Å²) in [6, 6.07) is 0. The summed E-state index contributed by atoms with van der Waals surface area (Å²) in [5.41, 5.74) is 3.53. The number of hydrogen-bond acceptors (Lipinski definition) is 1. The van der Waals surface area contributed by atoms with Gasteiger partial charge in [-0.1, -0.05) is 11.1 Å². The van der Waals surface area contributed by atoms with Crippen LogP contribution in [0.2, 0.25) is 0 Å². The van der Waals surface area contributed by atoms with Gasteiger partial charge < -0.3 is 0 Å². The number of hydrogen-bond donors (Lipinski definition) is 0. The van der Waals surface area contributed by atoms with E-state index in [2.05, 4.69) is 25.6 Å². The predicted molar refractivity (Wildman–Crippen MR) is 58.9 cm³/mol. The van der Waals surface area contributed by atoms with Crippen molar-refractivity contribution in [2.75, 3.05) is 11.5 Å². The fraction of sp³-hybridized carbons (Fsp3) is 0.833. The lowest BCUT2D eigenvalue weighted by Gasteiger charge is -2.22. The molecule has 0 nitrogen and oxygen atoms in total. The average Bonchev–Trinajstić information content (AvgIpc) is 2.75. The molecule has 0 aromatic heterocycles. The lowest BCUT2D eigenvalue weighted by molar-refractivity contribution is 0.281. The van der Waals surface area contributed by atoms with Gasteiger partial charge in [0.05, 0.1) is 0 Å². The van der Waals surface area contributed by atoms with Crippen molar-refractivity contribution in [3.63, 3.8) is 0 Å². The Bertz CT molecular complexity index is 242. The molecule has 1 aliphatic heterocycles. The summed E-state index contributed by atoms with van der Waals surface area (Å²) in [6.45, 7) is 4.66. The van der Waals surface area contributed by atoms with Gasteiger partial charge in [-0.3, -0.25) is 0 Å². The van der Waals surface area contributed by atoms with E-state index in [9.17, 15) is 0 Å². The molecule has 0 amide bonds. The molecule has 1 heteroatoms. The molecule has 3 fully saturated rings. The van der Waals surface area contributed by atoms with Gasteiger partial charge in [-0.05, 0) is 61.9 Å². The van der Waals surface area contributed by atoms with Crippen LogP contribution in [0, 0.1) is 23.7 Å². The number of fused-ring (bicyclic) bond motifs is 5. The molecular weight excluding hydrogens is 176 g/mol. The molecule has 1 heterocycles. The molecule has 0 aromatic carbocycles. The third-order valence-corrected chi connectivity index (χ3v) is 5.61. The van der Waals surface area contributed by atoms with E-state index >= 15 is 0 Å². The maximum Gasteiger partial charge on any atom is -0.00301 e. The Morgan fingerprint density at radius 2 is 1.62 bits per heavy atom. The van der Waals surface area contributed by atoms with E-state index < -0.39 is 0 Å². The molecule has 4 atom stereocenters. The quantitative estimate of drug-likeness (QED) is 0.533. The normalized spacial score (nSPS) is 47.1. The average molecular weight is 194 g/mol. The second-order valence-corrected chi connectivity index (χ2v) is 6.19. The second kappa shape index (κ2) is 2.79. The zero-order valence-electron chi connectivity index (χ0n) is 8.55. The summed E-state index contributed by atoms with van der Waals surface area (Å²) in [4.78, 5) is 0. The van der Waals surface area contributed by atoms with Gasteiger partial charge in [-0.25, -0.2) is 0 Å². The van der Waals surface area contributed by atoms with Crippen LogP contribution in [-0.2, 0) is 0 Å². The molecule has 2 aliphatic carbocycles. The monoisotopic (exact) mass is 194 g/mol. The molecule has 3 aliphatic rings. The first-order valence-electron chi connectivity index (χ1n) is 5.54. The summed E-state index contributed by atoms with van der Waals surface area (Å²) in [6.07, 6.45) is 3.01. The van der Waals surface area contributed by atoms with Crippen LogP contribution in [-0.4, -0.2) is 11.5 Å². The molecule has 2 saturated carbocycles. The predicted octanol–water partition coefficient (Wildman–Crippen LogP) is 3.34. The Hall–Kier alpha value is 0.0900. The highest BCUT2D eigenvalue weighted by atomic mass is 32.2. The lowest BCUT2D eigenvalue weighted by atomic mass is 9.82. The van der Waals surface area contributed by atoms with Crippen molar-refractivity contribution >= 4 is 11.8 Å². The third-order valence-electron chi connectivity index (χ3n) is 4.37. The fourth-order valence-corrected chi connectivity index (χ4v) is 5.63. The molecule has 3 rings (SSSR count). The Balaban J connectivity index is 2.01. The van der Waals surface area contributed by atoms with Crippen molar-refractivity contribution in [1.29, 1.82) is 0 Å². The molecule has 2 bridgehead atoms. The van der Waals surface area contributed by atoms with E-state index in [4.69, 9.17) is 0 Å². The van der Waals surface area contributed by atoms with Crippen LogP contribution >= 0.6 is 11.8 Å². The van der Waals surface area contributed by atoms with Crippen molar-refractivity contribution in [2.45, 2.75) is 26.7 Å². The van der Waals surface area contributed by atoms with Crippen LogP contribution in [0.4, 0.5) is 0 Å². The topological polar surface area (TPSA) is 0 Å². The second-order valence-electron chi connectivity index (χ2n) is 5.11. The molecule has 72 valence electrons. The van der Waals surface area contributed by atoms with Gasteiger partial charge in [0.2, 0.25) is 0 Å². The van der Waals surface area contributed by atoms with Crippen molar-refractivity contribution in [3.05, 3.63) is 11.1 Å². The third kappa shape index (κ3) is 1.000. The highest BCUT2D eigenvalue weighted by Crippen LogP contribution is 2.60. The van der Waals surface area contributed by atoms with Crippen molar-refractivity contribution in [2.24, 2.45) is 23.7 Å². The van der Waals surface area contributed by atoms with E-state index in [-0.39, 0.29) is 0 Å². The van der Waals surface area contributed by atoms with Crippen molar-refractivity contribution in [3.8, 4) is 0 Å². The van der Waals surface area contributed by atoms with E-state index in [1.165, 1.54) is 24.3 Å². The number of allylic oxidation sites excluding steroid dienone is 2. The number of rotatable bonds is 0. The Kier molecular flexibility index (Phi) is 1.80. The smallest absolute Gasteiger partial charge is 0.00301 e. The molecule has 0 unspecified atom stereocenters. The Morgan fingerprint density at radius 1 is 1.08 bits per heavy atom. The summed E-state index contributed by atoms with van der Waals surface area (Å²) < 4.78 is 0. The highest BCUT2D eigenvalue weighted by Gasteiger charge is 2.52. The van der Waals surface area contributed by atoms with E-state index in [0.717, 1.165) is 23.7 Å². The summed E-state index contributed by atoms with van der Waals surface area (Å²) in [5.74, 6) is 7.10. The van der Waals surface area contributed by atoms with Gasteiger partial charge in [0, 0.05) is 0 Å². The Morgan fingerprint density at radius 3 is 2.08 bits per heavy atom. The molecule has 13 heavy (non-hydrogen) atoms. The molecule has 0 aromatic rings. The van der Waals surface area contributed by atoms with Gasteiger partial charge in [0.25, 0.3) is 0 Å². The lowest BCUT2D eigenvalue weighted by Crippen LogP contribution is -2.19. The van der Waals surface area contributed by atoms with Gasteiger partial charge in [0.1, 0.15) is 0 Å². The van der Waals surface area contributed by atoms with Crippen LogP contribution in [0.1, 0.15) is 26.7 Å². The van der Waals surface area contributed by atoms with Gasteiger partial charge in [-0.2, -0.15) is 11.8 Å². The standard InChI is InChI=1S/C12H18S/c1-7(2)12-8-3-4-9(12)11-6-13-5-10(8)11/h8-11H,3-6H2,1-2H3/t8-,9-,10+,11+/m0/s1. The SMILES string of the molecule is CC(C)=C1[C@H]2CC[C@H]1[C@H]1CSC[C@@H]12. The maximum atomic E-state index is 2.33. The zero-order valence-corrected chi connectivity index (χ0v) is 9.36. The van der Waals surface area contributed by atoms with Crippen LogP contribution in [0.5, 0.6) is 0 Å². The van der Waals surface area contributed by atoms with Gasteiger partial charge >= 0.3 is 0 Å².